The Balaban J connectivity index is 2.54. The van der Waals surface area contributed by atoms with E-state index in [0.29, 0.717) is 19.6 Å². The van der Waals surface area contributed by atoms with Crippen molar-refractivity contribution >= 4 is 11.8 Å². The molecule has 0 aromatic heterocycles. The number of ketones is 1. The molecule has 1 aromatic rings. The predicted octanol–water partition coefficient (Wildman–Crippen LogP) is 0.455. The molecule has 5 heteroatoms. The Morgan fingerprint density at radius 1 is 1.33 bits per heavy atom. The summed E-state index contributed by atoms with van der Waals surface area (Å²) in [5.41, 5.74) is 5.24. The highest BCUT2D eigenvalue weighted by atomic mass is 16.2. The third kappa shape index (κ3) is 1.86. The maximum atomic E-state index is 12.1. The summed E-state index contributed by atoms with van der Waals surface area (Å²) in [6.45, 7) is 2.97. The summed E-state index contributed by atoms with van der Waals surface area (Å²) in [6, 6.07) is 8.73. The normalized spacial score (nSPS) is 23.7. The molecular formula is C13H17N3O2. The fourth-order valence-electron chi connectivity index (χ4n) is 2.53. The Morgan fingerprint density at radius 2 is 2.00 bits per heavy atom. The van der Waals surface area contributed by atoms with Crippen LogP contribution in [0.2, 0.25) is 0 Å². The maximum absolute atomic E-state index is 12.1. The van der Waals surface area contributed by atoms with E-state index in [-0.39, 0.29) is 5.78 Å². The van der Waals surface area contributed by atoms with Gasteiger partial charge in [-0.2, -0.15) is 0 Å². The number of nitrogens with two attached hydrogens (primary N) is 1. The molecule has 1 atom stereocenters. The van der Waals surface area contributed by atoms with E-state index in [1.54, 1.807) is 0 Å². The first-order chi connectivity index (χ1) is 8.59. The molecule has 96 valence electrons. The van der Waals surface area contributed by atoms with E-state index >= 15 is 0 Å². The van der Waals surface area contributed by atoms with Crippen LogP contribution in [-0.4, -0.2) is 36.3 Å². The number of piperazine rings is 1. The van der Waals surface area contributed by atoms with Gasteiger partial charge in [0.2, 0.25) is 0 Å². The maximum Gasteiger partial charge on any atom is 0.315 e. The first-order valence-electron chi connectivity index (χ1n) is 5.93. The molecule has 1 aliphatic heterocycles. The number of urea groups is 1. The fourth-order valence-corrected chi connectivity index (χ4v) is 2.53. The average molecular weight is 247 g/mol. The lowest BCUT2D eigenvalue weighted by atomic mass is 9.83. The molecule has 0 aliphatic carbocycles. The Kier molecular flexibility index (Phi) is 3.34. The summed E-state index contributed by atoms with van der Waals surface area (Å²) in [5.74, 6) is -0.0836. The highest BCUT2D eigenvalue weighted by Gasteiger charge is 2.46. The minimum atomic E-state index is -0.981. The van der Waals surface area contributed by atoms with Crippen molar-refractivity contribution in [3.63, 3.8) is 0 Å². The number of carbonyl (C=O) groups is 2. The number of carbonyl (C=O) groups excluding carboxylic acids is 2. The largest absolute Gasteiger partial charge is 0.351 e. The summed E-state index contributed by atoms with van der Waals surface area (Å²) >= 11 is 0. The molecule has 1 unspecified atom stereocenters. The van der Waals surface area contributed by atoms with Crippen LogP contribution in [0.1, 0.15) is 12.5 Å². The van der Waals surface area contributed by atoms with Crippen LogP contribution in [0.25, 0.3) is 0 Å². The van der Waals surface area contributed by atoms with Gasteiger partial charge < -0.3 is 16.0 Å². The van der Waals surface area contributed by atoms with Crippen LogP contribution in [0.15, 0.2) is 30.3 Å². The molecule has 0 saturated carbocycles. The molecule has 1 fully saturated rings. The molecule has 2 rings (SSSR count). The lowest BCUT2D eigenvalue weighted by Gasteiger charge is -2.45. The number of hydrogen-bond donors (Lipinski definition) is 2. The molecule has 1 aliphatic rings. The zero-order valence-corrected chi connectivity index (χ0v) is 10.3. The molecule has 1 saturated heterocycles. The number of benzene rings is 1. The third-order valence-electron chi connectivity index (χ3n) is 3.45. The number of nitrogens with one attached hydrogen (secondary N) is 1. The van der Waals surface area contributed by atoms with Crippen LogP contribution in [0.5, 0.6) is 0 Å². The van der Waals surface area contributed by atoms with Crippen molar-refractivity contribution in [2.24, 2.45) is 5.73 Å². The van der Waals surface area contributed by atoms with Crippen molar-refractivity contribution < 1.29 is 9.59 Å². The number of Topliss-reactive ketones (excluding diaryl/α,β-unsaturated/α-hetero) is 1. The second-order valence-electron chi connectivity index (χ2n) is 4.45. The van der Waals surface area contributed by atoms with Gasteiger partial charge in [-0.15, -0.1) is 0 Å². The van der Waals surface area contributed by atoms with E-state index in [2.05, 4.69) is 5.32 Å². The van der Waals surface area contributed by atoms with Gasteiger partial charge in [0.05, 0.1) is 0 Å². The molecule has 18 heavy (non-hydrogen) atoms. The van der Waals surface area contributed by atoms with Crippen LogP contribution in [0.4, 0.5) is 4.79 Å². The molecule has 0 bridgehead atoms. The van der Waals surface area contributed by atoms with Crippen LogP contribution in [0, 0.1) is 0 Å². The molecule has 5 nitrogen and oxygen atoms in total. The molecular weight excluding hydrogens is 230 g/mol. The number of primary amides is 1. The zero-order chi connectivity index (χ0) is 13.2. The second kappa shape index (κ2) is 4.78. The van der Waals surface area contributed by atoms with E-state index in [1.807, 2.05) is 30.3 Å². The van der Waals surface area contributed by atoms with Crippen molar-refractivity contribution in [2.45, 2.75) is 12.5 Å². The minimum absolute atomic E-state index is 0.0836. The van der Waals surface area contributed by atoms with Gasteiger partial charge >= 0.3 is 6.03 Å². The van der Waals surface area contributed by atoms with E-state index in [9.17, 15) is 9.59 Å². The van der Waals surface area contributed by atoms with Gasteiger partial charge in [-0.1, -0.05) is 30.3 Å². The first-order valence-corrected chi connectivity index (χ1v) is 5.93. The van der Waals surface area contributed by atoms with E-state index in [0.717, 1.165) is 5.56 Å². The van der Waals surface area contributed by atoms with Gasteiger partial charge in [0.1, 0.15) is 5.54 Å². The van der Waals surface area contributed by atoms with Crippen molar-refractivity contribution in [1.29, 1.82) is 0 Å². The summed E-state index contributed by atoms with van der Waals surface area (Å²) in [7, 11) is 0. The van der Waals surface area contributed by atoms with Crippen molar-refractivity contribution in [3.8, 4) is 0 Å². The summed E-state index contributed by atoms with van der Waals surface area (Å²) in [5, 5.41) is 3.17. The smallest absolute Gasteiger partial charge is 0.315 e. The Hall–Kier alpha value is -1.88. The quantitative estimate of drug-likeness (QED) is 0.797. The Bertz CT molecular complexity index is 461. The lowest BCUT2D eigenvalue weighted by molar-refractivity contribution is -0.128. The molecule has 1 heterocycles. The highest BCUT2D eigenvalue weighted by Crippen LogP contribution is 2.30. The van der Waals surface area contributed by atoms with Crippen LogP contribution < -0.4 is 11.1 Å². The second-order valence-corrected chi connectivity index (χ2v) is 4.45. The van der Waals surface area contributed by atoms with Gasteiger partial charge in [-0.05, 0) is 12.5 Å². The first kappa shape index (κ1) is 12.6. The summed E-state index contributed by atoms with van der Waals surface area (Å²) < 4.78 is 0. The fraction of sp³-hybridized carbons (Fsp3) is 0.385. The van der Waals surface area contributed by atoms with Crippen molar-refractivity contribution in [1.82, 2.24) is 10.2 Å². The summed E-state index contributed by atoms with van der Waals surface area (Å²) in [6.07, 6.45) is 0. The molecule has 2 amide bonds. The average Bonchev–Trinajstić information content (AvgIpc) is 2.39. The number of amides is 2. The monoisotopic (exact) mass is 247 g/mol. The number of hydrogen-bond acceptors (Lipinski definition) is 3. The van der Waals surface area contributed by atoms with E-state index in [1.165, 1.54) is 11.8 Å². The van der Waals surface area contributed by atoms with E-state index in [4.69, 9.17) is 5.73 Å². The van der Waals surface area contributed by atoms with Crippen LogP contribution >= 0.6 is 0 Å². The van der Waals surface area contributed by atoms with Crippen molar-refractivity contribution in [3.05, 3.63) is 35.9 Å². The minimum Gasteiger partial charge on any atom is -0.351 e. The molecule has 1 aromatic carbocycles. The number of nitrogens with zero attached hydrogens (tertiary/aromatic N) is 1. The zero-order valence-electron chi connectivity index (χ0n) is 10.3. The van der Waals surface area contributed by atoms with Gasteiger partial charge in [-0.25, -0.2) is 4.79 Å². The van der Waals surface area contributed by atoms with Gasteiger partial charge in [0.25, 0.3) is 0 Å². The topological polar surface area (TPSA) is 75.4 Å². The third-order valence-corrected chi connectivity index (χ3v) is 3.45. The van der Waals surface area contributed by atoms with Crippen molar-refractivity contribution in [2.75, 3.05) is 19.6 Å². The molecule has 0 spiro atoms. The standard InChI is InChI=1S/C13H17N3O2/c1-10(17)13(11-5-3-2-4-6-11)9-15-7-8-16(13)12(14)18/h2-6,15H,7-9H2,1H3,(H2,14,18). The van der Waals surface area contributed by atoms with Gasteiger partial charge in [0.15, 0.2) is 5.78 Å². The van der Waals surface area contributed by atoms with Crippen LogP contribution in [0.3, 0.4) is 0 Å². The molecule has 0 radical (unpaired) electrons. The molecule has 3 N–H and O–H groups in total. The lowest BCUT2D eigenvalue weighted by Crippen LogP contribution is -2.65. The highest BCUT2D eigenvalue weighted by molar-refractivity contribution is 5.92. The Labute approximate surface area is 106 Å². The van der Waals surface area contributed by atoms with Crippen LogP contribution in [-0.2, 0) is 10.3 Å². The van der Waals surface area contributed by atoms with E-state index < -0.39 is 11.6 Å². The van der Waals surface area contributed by atoms with Gasteiger partial charge in [-0.3, -0.25) is 4.79 Å². The number of rotatable bonds is 2. The summed E-state index contributed by atoms with van der Waals surface area (Å²) in [4.78, 5) is 25.2. The Morgan fingerprint density at radius 3 is 2.56 bits per heavy atom. The van der Waals surface area contributed by atoms with Gasteiger partial charge in [0, 0.05) is 19.6 Å². The predicted molar refractivity (Wildman–Crippen MR) is 68.0 cm³/mol. The SMILES string of the molecule is CC(=O)C1(c2ccccc2)CNCCN1C(N)=O.